The van der Waals surface area contributed by atoms with E-state index in [9.17, 15) is 8.78 Å². The summed E-state index contributed by atoms with van der Waals surface area (Å²) in [5, 5.41) is 6.35. The van der Waals surface area contributed by atoms with Gasteiger partial charge in [-0.05, 0) is 25.0 Å². The second-order valence-corrected chi connectivity index (χ2v) is 5.10. The number of ether oxygens (including phenoxy) is 1. The summed E-state index contributed by atoms with van der Waals surface area (Å²) in [5.41, 5.74) is 0. The molecule has 0 fully saturated rings. The van der Waals surface area contributed by atoms with E-state index >= 15 is 0 Å². The van der Waals surface area contributed by atoms with Gasteiger partial charge in [-0.1, -0.05) is 13.8 Å². The van der Waals surface area contributed by atoms with Crippen LogP contribution in [-0.2, 0) is 0 Å². The third-order valence-corrected chi connectivity index (χ3v) is 3.14. The van der Waals surface area contributed by atoms with E-state index in [0.29, 0.717) is 36.8 Å². The first-order chi connectivity index (χ1) is 9.93. The molecular weight excluding hydrogens is 276 g/mol. The Morgan fingerprint density at radius 2 is 1.95 bits per heavy atom. The van der Waals surface area contributed by atoms with Crippen molar-refractivity contribution in [1.29, 1.82) is 0 Å². The van der Waals surface area contributed by atoms with E-state index < -0.39 is 11.6 Å². The van der Waals surface area contributed by atoms with Gasteiger partial charge in [0.05, 0.1) is 6.54 Å². The molecule has 0 aromatic heterocycles. The molecule has 4 nitrogen and oxygen atoms in total. The topological polar surface area (TPSA) is 45.7 Å². The Kier molecular flexibility index (Phi) is 6.91. The standard InChI is InChI=1S/C15H23F2N3O/c1-10(2)11(3)20-15(18-4)19-7-8-21-12-5-6-13(16)14(17)9-12/h5-6,9-11H,7-8H2,1-4H3,(H2,18,19,20). The maximum atomic E-state index is 13.0. The molecule has 1 rings (SSSR count). The van der Waals surface area contributed by atoms with Gasteiger partial charge in [-0.3, -0.25) is 4.99 Å². The molecule has 0 radical (unpaired) electrons. The number of hydrogen-bond donors (Lipinski definition) is 2. The van der Waals surface area contributed by atoms with Crippen molar-refractivity contribution >= 4 is 5.96 Å². The van der Waals surface area contributed by atoms with Crippen LogP contribution in [0.25, 0.3) is 0 Å². The van der Waals surface area contributed by atoms with Gasteiger partial charge in [-0.15, -0.1) is 0 Å². The van der Waals surface area contributed by atoms with Gasteiger partial charge in [-0.25, -0.2) is 8.78 Å². The van der Waals surface area contributed by atoms with Gasteiger partial charge in [0, 0.05) is 19.2 Å². The van der Waals surface area contributed by atoms with E-state index in [0.717, 1.165) is 12.1 Å². The number of aliphatic imine (C=N–C) groups is 1. The minimum absolute atomic E-state index is 0.295. The summed E-state index contributed by atoms with van der Waals surface area (Å²) in [6.45, 7) is 7.15. The van der Waals surface area contributed by atoms with Gasteiger partial charge in [0.1, 0.15) is 12.4 Å². The Morgan fingerprint density at radius 3 is 2.52 bits per heavy atom. The van der Waals surface area contributed by atoms with E-state index in [-0.39, 0.29) is 0 Å². The molecule has 1 atom stereocenters. The Balaban J connectivity index is 2.33. The maximum absolute atomic E-state index is 13.0. The van der Waals surface area contributed by atoms with Crippen molar-refractivity contribution in [3.63, 3.8) is 0 Å². The molecule has 0 spiro atoms. The molecule has 21 heavy (non-hydrogen) atoms. The molecule has 0 heterocycles. The molecule has 0 aliphatic heterocycles. The molecule has 0 aliphatic carbocycles. The van der Waals surface area contributed by atoms with E-state index in [1.165, 1.54) is 6.07 Å². The Bertz CT molecular complexity index is 478. The van der Waals surface area contributed by atoms with Crippen LogP contribution in [0.1, 0.15) is 20.8 Å². The monoisotopic (exact) mass is 299 g/mol. The van der Waals surface area contributed by atoms with Crippen molar-refractivity contribution in [3.8, 4) is 5.75 Å². The van der Waals surface area contributed by atoms with Crippen LogP contribution in [0.5, 0.6) is 5.75 Å². The predicted molar refractivity (Wildman–Crippen MR) is 80.7 cm³/mol. The van der Waals surface area contributed by atoms with Crippen LogP contribution < -0.4 is 15.4 Å². The molecule has 118 valence electrons. The van der Waals surface area contributed by atoms with Crippen LogP contribution in [0.15, 0.2) is 23.2 Å². The van der Waals surface area contributed by atoms with Crippen molar-refractivity contribution in [1.82, 2.24) is 10.6 Å². The predicted octanol–water partition coefficient (Wildman–Crippen LogP) is 2.55. The summed E-state index contributed by atoms with van der Waals surface area (Å²) in [7, 11) is 1.69. The molecular formula is C15H23F2N3O. The first kappa shape index (κ1) is 17.2. The van der Waals surface area contributed by atoms with E-state index in [4.69, 9.17) is 4.74 Å². The lowest BCUT2D eigenvalue weighted by atomic mass is 10.1. The van der Waals surface area contributed by atoms with E-state index in [1.807, 2.05) is 0 Å². The van der Waals surface area contributed by atoms with Crippen molar-refractivity contribution in [2.24, 2.45) is 10.9 Å². The third kappa shape index (κ3) is 5.97. The fourth-order valence-electron chi connectivity index (χ4n) is 1.48. The van der Waals surface area contributed by atoms with Crippen LogP contribution in [-0.4, -0.2) is 32.2 Å². The summed E-state index contributed by atoms with van der Waals surface area (Å²) in [4.78, 5) is 4.11. The van der Waals surface area contributed by atoms with Crippen molar-refractivity contribution in [3.05, 3.63) is 29.8 Å². The molecule has 1 unspecified atom stereocenters. The highest BCUT2D eigenvalue weighted by molar-refractivity contribution is 5.79. The molecule has 1 aromatic rings. The lowest BCUT2D eigenvalue weighted by Gasteiger charge is -2.20. The largest absolute Gasteiger partial charge is 0.492 e. The lowest BCUT2D eigenvalue weighted by molar-refractivity contribution is 0.318. The summed E-state index contributed by atoms with van der Waals surface area (Å²) >= 11 is 0. The van der Waals surface area contributed by atoms with E-state index in [1.54, 1.807) is 7.05 Å². The third-order valence-electron chi connectivity index (χ3n) is 3.14. The van der Waals surface area contributed by atoms with Crippen LogP contribution in [0, 0.1) is 17.6 Å². The van der Waals surface area contributed by atoms with Gasteiger partial charge in [0.2, 0.25) is 0 Å². The normalized spacial score (nSPS) is 13.2. The van der Waals surface area contributed by atoms with Crippen LogP contribution >= 0.6 is 0 Å². The number of halogens is 2. The quantitative estimate of drug-likeness (QED) is 0.482. The molecule has 0 aliphatic rings. The summed E-state index contributed by atoms with van der Waals surface area (Å²) < 4.78 is 31.1. The van der Waals surface area contributed by atoms with Gasteiger partial charge in [0.15, 0.2) is 17.6 Å². The fourth-order valence-corrected chi connectivity index (χ4v) is 1.48. The van der Waals surface area contributed by atoms with Crippen LogP contribution in [0.2, 0.25) is 0 Å². The van der Waals surface area contributed by atoms with E-state index in [2.05, 4.69) is 36.4 Å². The molecule has 1 aromatic carbocycles. The number of benzene rings is 1. The highest BCUT2D eigenvalue weighted by atomic mass is 19.2. The molecule has 0 bridgehead atoms. The minimum Gasteiger partial charge on any atom is -0.492 e. The second kappa shape index (κ2) is 8.44. The van der Waals surface area contributed by atoms with Crippen LogP contribution in [0.4, 0.5) is 8.78 Å². The SMILES string of the molecule is CN=C(NCCOc1ccc(F)c(F)c1)NC(C)C(C)C. The number of nitrogens with zero attached hydrogens (tertiary/aromatic N) is 1. The second-order valence-electron chi connectivity index (χ2n) is 5.10. The minimum atomic E-state index is -0.913. The van der Waals surface area contributed by atoms with Crippen molar-refractivity contribution in [2.75, 3.05) is 20.2 Å². The smallest absolute Gasteiger partial charge is 0.191 e. The molecule has 0 amide bonds. The number of hydrogen-bond acceptors (Lipinski definition) is 2. The van der Waals surface area contributed by atoms with Gasteiger partial charge < -0.3 is 15.4 Å². The number of rotatable bonds is 6. The Morgan fingerprint density at radius 1 is 1.24 bits per heavy atom. The zero-order chi connectivity index (χ0) is 15.8. The van der Waals surface area contributed by atoms with Gasteiger partial charge >= 0.3 is 0 Å². The summed E-state index contributed by atoms with van der Waals surface area (Å²) in [5.74, 6) is -0.322. The summed E-state index contributed by atoms with van der Waals surface area (Å²) in [6, 6.07) is 3.77. The van der Waals surface area contributed by atoms with Crippen molar-refractivity contribution < 1.29 is 13.5 Å². The lowest BCUT2D eigenvalue weighted by Crippen LogP contribution is -2.45. The Labute approximate surface area is 124 Å². The van der Waals surface area contributed by atoms with Crippen molar-refractivity contribution in [2.45, 2.75) is 26.8 Å². The van der Waals surface area contributed by atoms with Crippen LogP contribution in [0.3, 0.4) is 0 Å². The zero-order valence-corrected chi connectivity index (χ0v) is 12.9. The first-order valence-electron chi connectivity index (χ1n) is 6.99. The fraction of sp³-hybridized carbons (Fsp3) is 0.533. The molecule has 2 N–H and O–H groups in total. The molecule has 0 saturated heterocycles. The number of guanidine groups is 1. The summed E-state index contributed by atoms with van der Waals surface area (Å²) in [6.07, 6.45) is 0. The maximum Gasteiger partial charge on any atom is 0.191 e. The van der Waals surface area contributed by atoms with Gasteiger partial charge in [0.25, 0.3) is 0 Å². The zero-order valence-electron chi connectivity index (χ0n) is 12.9. The molecule has 6 heteroatoms. The highest BCUT2D eigenvalue weighted by Gasteiger charge is 2.08. The Hall–Kier alpha value is -1.85. The first-order valence-corrected chi connectivity index (χ1v) is 6.99. The molecule has 0 saturated carbocycles. The average Bonchev–Trinajstić information content (AvgIpc) is 2.45. The highest BCUT2D eigenvalue weighted by Crippen LogP contribution is 2.14. The van der Waals surface area contributed by atoms with Gasteiger partial charge in [-0.2, -0.15) is 0 Å². The number of nitrogens with one attached hydrogen (secondary N) is 2. The average molecular weight is 299 g/mol.